The van der Waals surface area contributed by atoms with Crippen molar-refractivity contribution in [2.75, 3.05) is 39.1 Å². The number of guanidine groups is 1. The van der Waals surface area contributed by atoms with Crippen molar-refractivity contribution in [3.63, 3.8) is 0 Å². The molecule has 28 heavy (non-hydrogen) atoms. The predicted octanol–water partition coefficient (Wildman–Crippen LogP) is 2.72. The van der Waals surface area contributed by atoms with Gasteiger partial charge < -0.3 is 19.7 Å². The fourth-order valence-electron chi connectivity index (χ4n) is 3.07. The molecular weight excluding hydrogens is 402 g/mol. The molecule has 1 aliphatic heterocycles. The Morgan fingerprint density at radius 1 is 1.36 bits per heavy atom. The number of sulfone groups is 1. The number of hydrogen-bond donors (Lipinski definition) is 1. The molecule has 158 valence electrons. The van der Waals surface area contributed by atoms with Crippen molar-refractivity contribution in [2.45, 2.75) is 39.0 Å². The number of methoxy groups -OCH3 is 1. The minimum absolute atomic E-state index is 0.118. The number of aliphatic imine (C=N–C) groups is 1. The molecule has 2 rings (SSSR count). The van der Waals surface area contributed by atoms with Gasteiger partial charge >= 0.3 is 0 Å². The fourth-order valence-corrected chi connectivity index (χ4v) is 4.72. The Labute approximate surface area is 173 Å². The second kappa shape index (κ2) is 9.22. The molecule has 0 unspecified atom stereocenters. The van der Waals surface area contributed by atoms with E-state index < -0.39 is 14.6 Å². The molecule has 0 saturated carbocycles. The van der Waals surface area contributed by atoms with Gasteiger partial charge in [0, 0.05) is 19.6 Å². The van der Waals surface area contributed by atoms with E-state index in [9.17, 15) is 8.42 Å². The number of halogens is 1. The lowest BCUT2D eigenvalue weighted by atomic mass is 10.2. The summed E-state index contributed by atoms with van der Waals surface area (Å²) in [5, 5.41) is 3.73. The highest BCUT2D eigenvalue weighted by Gasteiger charge is 2.40. The molecule has 1 saturated heterocycles. The average Bonchev–Trinajstić information content (AvgIpc) is 2.63. The quantitative estimate of drug-likeness (QED) is 0.551. The van der Waals surface area contributed by atoms with Crippen LogP contribution >= 0.6 is 11.6 Å². The van der Waals surface area contributed by atoms with Crippen LogP contribution in [0.5, 0.6) is 11.5 Å². The molecule has 0 radical (unpaired) electrons. The summed E-state index contributed by atoms with van der Waals surface area (Å²) in [5.74, 6) is 1.89. The fraction of sp³-hybridized carbons (Fsp3) is 0.632. The van der Waals surface area contributed by atoms with E-state index in [4.69, 9.17) is 26.1 Å². The topological polar surface area (TPSA) is 80.2 Å². The first-order valence-corrected chi connectivity index (χ1v) is 11.4. The third-order valence-electron chi connectivity index (χ3n) is 4.67. The van der Waals surface area contributed by atoms with Gasteiger partial charge in [0.2, 0.25) is 0 Å². The Balaban J connectivity index is 2.25. The summed E-state index contributed by atoms with van der Waals surface area (Å²) in [6, 6.07) is 3.67. The Hall–Kier alpha value is -1.67. The van der Waals surface area contributed by atoms with Crippen LogP contribution in [-0.2, 0) is 16.4 Å². The van der Waals surface area contributed by atoms with Crippen molar-refractivity contribution in [3.8, 4) is 11.5 Å². The predicted molar refractivity (Wildman–Crippen MR) is 113 cm³/mol. The van der Waals surface area contributed by atoms with Gasteiger partial charge in [-0.05, 0) is 45.4 Å². The minimum Gasteiger partial charge on any atom is -0.493 e. The largest absolute Gasteiger partial charge is 0.493 e. The Morgan fingerprint density at radius 2 is 2.07 bits per heavy atom. The standard InChI is InChI=1S/C19H30ClN3O4S/c1-6-21-18(23-8-9-28(24,25)19(3,4)13-23)22-12-14-10-15(20)17(27-7-2)16(11-14)26-5/h10-11H,6-9,12-13H2,1-5H3,(H,21,22). The number of benzene rings is 1. The van der Waals surface area contributed by atoms with E-state index in [1.165, 1.54) is 0 Å². The molecule has 7 nitrogen and oxygen atoms in total. The molecule has 1 heterocycles. The lowest BCUT2D eigenvalue weighted by Gasteiger charge is -2.39. The summed E-state index contributed by atoms with van der Waals surface area (Å²) in [7, 11) is -1.54. The van der Waals surface area contributed by atoms with Gasteiger partial charge in [0.25, 0.3) is 0 Å². The molecule has 1 N–H and O–H groups in total. The van der Waals surface area contributed by atoms with E-state index >= 15 is 0 Å². The monoisotopic (exact) mass is 431 g/mol. The maximum absolute atomic E-state index is 12.3. The summed E-state index contributed by atoms with van der Waals surface area (Å²) < 4.78 is 34.7. The maximum atomic E-state index is 12.3. The summed E-state index contributed by atoms with van der Waals surface area (Å²) >= 11 is 6.34. The third-order valence-corrected chi connectivity index (χ3v) is 7.48. The van der Waals surface area contributed by atoms with Crippen LogP contribution in [0.4, 0.5) is 0 Å². The van der Waals surface area contributed by atoms with Crippen LogP contribution in [0.2, 0.25) is 5.02 Å². The smallest absolute Gasteiger partial charge is 0.194 e. The van der Waals surface area contributed by atoms with Gasteiger partial charge in [0.05, 0.1) is 35.8 Å². The van der Waals surface area contributed by atoms with Gasteiger partial charge in [0.15, 0.2) is 27.3 Å². The van der Waals surface area contributed by atoms with Crippen molar-refractivity contribution in [3.05, 3.63) is 22.7 Å². The number of nitrogens with one attached hydrogen (secondary N) is 1. The van der Waals surface area contributed by atoms with E-state index in [0.29, 0.717) is 55.3 Å². The molecule has 0 aliphatic carbocycles. The molecule has 1 fully saturated rings. The summed E-state index contributed by atoms with van der Waals surface area (Å²) in [6.07, 6.45) is 0. The zero-order valence-corrected chi connectivity index (χ0v) is 18.8. The lowest BCUT2D eigenvalue weighted by Crippen LogP contribution is -2.57. The normalized spacial score (nSPS) is 18.6. The van der Waals surface area contributed by atoms with Crippen LogP contribution < -0.4 is 14.8 Å². The second-order valence-corrected chi connectivity index (χ2v) is 10.4. The van der Waals surface area contributed by atoms with Gasteiger partial charge in [-0.1, -0.05) is 11.6 Å². The maximum Gasteiger partial charge on any atom is 0.194 e. The van der Waals surface area contributed by atoms with Crippen molar-refractivity contribution in [1.29, 1.82) is 0 Å². The van der Waals surface area contributed by atoms with Crippen LogP contribution in [-0.4, -0.2) is 63.1 Å². The van der Waals surface area contributed by atoms with E-state index in [1.807, 2.05) is 30.9 Å². The Morgan fingerprint density at radius 3 is 2.64 bits per heavy atom. The van der Waals surface area contributed by atoms with Crippen LogP contribution in [0.3, 0.4) is 0 Å². The molecule has 1 aromatic rings. The first-order valence-electron chi connectivity index (χ1n) is 9.40. The Bertz CT molecular complexity index is 825. The van der Waals surface area contributed by atoms with Gasteiger partial charge in [-0.15, -0.1) is 0 Å². The number of ether oxygens (including phenoxy) is 2. The minimum atomic E-state index is -3.11. The number of rotatable bonds is 6. The molecule has 1 aliphatic rings. The van der Waals surface area contributed by atoms with E-state index in [-0.39, 0.29) is 5.75 Å². The Kier molecular flexibility index (Phi) is 7.45. The van der Waals surface area contributed by atoms with Crippen molar-refractivity contribution in [2.24, 2.45) is 4.99 Å². The highest BCUT2D eigenvalue weighted by molar-refractivity contribution is 7.92. The van der Waals surface area contributed by atoms with E-state index in [1.54, 1.807) is 21.0 Å². The van der Waals surface area contributed by atoms with Gasteiger partial charge in [-0.3, -0.25) is 0 Å². The molecular formula is C19H30ClN3O4S. The van der Waals surface area contributed by atoms with Crippen LogP contribution in [0.1, 0.15) is 33.3 Å². The zero-order chi connectivity index (χ0) is 20.9. The van der Waals surface area contributed by atoms with E-state index in [0.717, 1.165) is 5.56 Å². The highest BCUT2D eigenvalue weighted by atomic mass is 35.5. The molecule has 0 aromatic heterocycles. The van der Waals surface area contributed by atoms with Gasteiger partial charge in [-0.25, -0.2) is 13.4 Å². The van der Waals surface area contributed by atoms with E-state index in [2.05, 4.69) is 5.32 Å². The average molecular weight is 432 g/mol. The zero-order valence-electron chi connectivity index (χ0n) is 17.2. The van der Waals surface area contributed by atoms with Crippen molar-refractivity contribution < 1.29 is 17.9 Å². The SMILES string of the molecule is CCNC(=NCc1cc(Cl)c(OCC)c(OC)c1)N1CCS(=O)(=O)C(C)(C)C1. The number of nitrogens with zero attached hydrogens (tertiary/aromatic N) is 2. The number of hydrogen-bond acceptors (Lipinski definition) is 5. The molecule has 0 bridgehead atoms. The summed E-state index contributed by atoms with van der Waals surface area (Å²) in [4.78, 5) is 6.69. The van der Waals surface area contributed by atoms with Crippen LogP contribution in [0, 0.1) is 0 Å². The first-order chi connectivity index (χ1) is 13.1. The summed E-state index contributed by atoms with van der Waals surface area (Å²) in [6.45, 7) is 9.77. The van der Waals surface area contributed by atoms with Gasteiger partial charge in [0.1, 0.15) is 0 Å². The molecule has 0 spiro atoms. The molecule has 0 amide bonds. The third kappa shape index (κ3) is 5.03. The first kappa shape index (κ1) is 22.6. The molecule has 0 atom stereocenters. The van der Waals surface area contributed by atoms with Crippen LogP contribution in [0.25, 0.3) is 0 Å². The summed E-state index contributed by atoms with van der Waals surface area (Å²) in [5.41, 5.74) is 0.879. The van der Waals surface area contributed by atoms with Gasteiger partial charge in [-0.2, -0.15) is 0 Å². The molecule has 1 aromatic carbocycles. The highest BCUT2D eigenvalue weighted by Crippen LogP contribution is 2.36. The second-order valence-electron chi connectivity index (χ2n) is 7.21. The van der Waals surface area contributed by atoms with Crippen LogP contribution in [0.15, 0.2) is 17.1 Å². The molecule has 9 heteroatoms. The van der Waals surface area contributed by atoms with Crippen molar-refractivity contribution >= 4 is 27.4 Å². The van der Waals surface area contributed by atoms with Crippen molar-refractivity contribution in [1.82, 2.24) is 10.2 Å². The lowest BCUT2D eigenvalue weighted by molar-refractivity contribution is 0.311.